The number of phenols is 1. The molecule has 0 fully saturated rings. The number of aliphatic hydroxyl groups is 3. The van der Waals surface area contributed by atoms with E-state index in [1.54, 1.807) is 25.1 Å². The standard InChI is InChI=1S/C24H29N3O6/c1-10(25)16-21(30)19(27(4)5)13-9-11-8-12-14(26(2)3)6-7-15(28)18(12)20(29)17(11)23(32)24(13,33)22(16)31/h6-7,11,13,19,28,30,32-33H,1,8-9,25H2,2-5H3/t11-,13-,19-,24+/m0/s1. The molecule has 0 heterocycles. The Morgan fingerprint density at radius 1 is 1.15 bits per heavy atom. The van der Waals surface area contributed by atoms with Gasteiger partial charge in [-0.15, -0.1) is 0 Å². The van der Waals surface area contributed by atoms with Gasteiger partial charge >= 0.3 is 0 Å². The first-order valence-electron chi connectivity index (χ1n) is 10.7. The number of fused-ring (bicyclic) bond motifs is 3. The SMILES string of the molecule is C=C(N)C1=C(O)[C@@H](N(C)C)[C@@H]2C[C@@H]3Cc4c(N(C)C)ccc(O)c4C(=O)C3=C(O)[C@]2(O)C1=O. The number of hydrogen-bond donors (Lipinski definition) is 5. The lowest BCUT2D eigenvalue weighted by Gasteiger charge is -2.50. The minimum atomic E-state index is -2.47. The predicted molar refractivity (Wildman–Crippen MR) is 122 cm³/mol. The van der Waals surface area contributed by atoms with Crippen LogP contribution in [0.2, 0.25) is 0 Å². The molecule has 4 rings (SSSR count). The lowest BCUT2D eigenvalue weighted by molar-refractivity contribution is -0.146. The third-order valence-electron chi connectivity index (χ3n) is 7.14. The van der Waals surface area contributed by atoms with E-state index in [2.05, 4.69) is 6.58 Å². The van der Waals surface area contributed by atoms with Crippen LogP contribution in [0.3, 0.4) is 0 Å². The number of nitrogens with zero attached hydrogens (tertiary/aromatic N) is 2. The van der Waals surface area contributed by atoms with Gasteiger partial charge in [-0.2, -0.15) is 0 Å². The molecule has 0 saturated carbocycles. The van der Waals surface area contributed by atoms with Crippen LogP contribution >= 0.6 is 0 Å². The molecular formula is C24H29N3O6. The number of rotatable bonds is 3. The van der Waals surface area contributed by atoms with Crippen LogP contribution in [0, 0.1) is 11.8 Å². The number of hydrogen-bond acceptors (Lipinski definition) is 9. The van der Waals surface area contributed by atoms with Crippen molar-refractivity contribution >= 4 is 17.3 Å². The van der Waals surface area contributed by atoms with Crippen molar-refractivity contribution < 1.29 is 30.0 Å². The fraction of sp³-hybridized carbons (Fsp3) is 0.417. The monoisotopic (exact) mass is 455 g/mol. The highest BCUT2D eigenvalue weighted by Gasteiger charge is 2.62. The highest BCUT2D eigenvalue weighted by atomic mass is 16.3. The number of anilines is 1. The summed E-state index contributed by atoms with van der Waals surface area (Å²) in [5.41, 5.74) is 4.03. The van der Waals surface area contributed by atoms with Crippen molar-refractivity contribution in [2.75, 3.05) is 33.1 Å². The smallest absolute Gasteiger partial charge is 0.208 e. The number of ketones is 2. The normalized spacial score (nSPS) is 29.1. The number of likely N-dealkylation sites (N-methyl/N-ethyl adjacent to an activating group) is 1. The van der Waals surface area contributed by atoms with Gasteiger partial charge < -0.3 is 31.1 Å². The Labute approximate surface area is 191 Å². The summed E-state index contributed by atoms with van der Waals surface area (Å²) in [6, 6.07) is 2.28. The number of benzene rings is 1. The Balaban J connectivity index is 1.98. The van der Waals surface area contributed by atoms with Gasteiger partial charge in [-0.05, 0) is 50.6 Å². The summed E-state index contributed by atoms with van der Waals surface area (Å²) < 4.78 is 0. The number of aliphatic hydroxyl groups excluding tert-OH is 2. The molecule has 0 saturated heterocycles. The molecule has 33 heavy (non-hydrogen) atoms. The van der Waals surface area contributed by atoms with E-state index in [9.17, 15) is 30.0 Å². The molecule has 3 aliphatic carbocycles. The Morgan fingerprint density at radius 2 is 1.79 bits per heavy atom. The van der Waals surface area contributed by atoms with Crippen LogP contribution in [-0.2, 0) is 11.2 Å². The summed E-state index contributed by atoms with van der Waals surface area (Å²) in [7, 11) is 7.00. The maximum absolute atomic E-state index is 13.5. The summed E-state index contributed by atoms with van der Waals surface area (Å²) >= 11 is 0. The zero-order valence-electron chi connectivity index (χ0n) is 19.1. The minimum absolute atomic E-state index is 0.0512. The van der Waals surface area contributed by atoms with Crippen LogP contribution in [0.4, 0.5) is 5.69 Å². The molecule has 4 atom stereocenters. The molecule has 0 aliphatic heterocycles. The Morgan fingerprint density at radius 3 is 2.33 bits per heavy atom. The predicted octanol–water partition coefficient (Wildman–Crippen LogP) is 1.17. The highest BCUT2D eigenvalue weighted by Crippen LogP contribution is 2.53. The summed E-state index contributed by atoms with van der Waals surface area (Å²) in [6.07, 6.45) is 0.455. The number of aromatic hydroxyl groups is 1. The van der Waals surface area contributed by atoms with Gasteiger partial charge in [0.05, 0.1) is 17.2 Å². The van der Waals surface area contributed by atoms with Gasteiger partial charge in [0.1, 0.15) is 17.3 Å². The lowest BCUT2D eigenvalue weighted by atomic mass is 9.58. The largest absolute Gasteiger partial charge is 0.510 e. The summed E-state index contributed by atoms with van der Waals surface area (Å²) in [4.78, 5) is 30.4. The zero-order chi connectivity index (χ0) is 24.6. The van der Waals surface area contributed by atoms with Crippen LogP contribution in [0.25, 0.3) is 0 Å². The molecule has 0 aromatic heterocycles. The molecule has 0 bridgehead atoms. The second-order valence-corrected chi connectivity index (χ2v) is 9.48. The van der Waals surface area contributed by atoms with Gasteiger partial charge in [-0.1, -0.05) is 6.58 Å². The molecule has 0 spiro atoms. The molecule has 176 valence electrons. The second kappa shape index (κ2) is 7.36. The van der Waals surface area contributed by atoms with Crippen molar-refractivity contribution in [3.8, 4) is 5.75 Å². The van der Waals surface area contributed by atoms with E-state index in [0.29, 0.717) is 12.0 Å². The number of carbonyl (C=O) groups is 2. The molecule has 0 unspecified atom stereocenters. The van der Waals surface area contributed by atoms with E-state index >= 15 is 0 Å². The molecule has 0 amide bonds. The highest BCUT2D eigenvalue weighted by molar-refractivity contribution is 6.16. The number of carbonyl (C=O) groups excluding carboxylic acids is 2. The van der Waals surface area contributed by atoms with Crippen LogP contribution < -0.4 is 10.6 Å². The van der Waals surface area contributed by atoms with Gasteiger partial charge in [0, 0.05) is 37.0 Å². The Kier molecular flexibility index (Phi) is 5.10. The fourth-order valence-corrected chi connectivity index (χ4v) is 5.73. The van der Waals surface area contributed by atoms with Crippen molar-refractivity contribution in [3.63, 3.8) is 0 Å². The quantitative estimate of drug-likeness (QED) is 0.453. The van der Waals surface area contributed by atoms with Gasteiger partial charge in [0.15, 0.2) is 11.4 Å². The molecule has 9 nitrogen and oxygen atoms in total. The molecule has 3 aliphatic rings. The fourth-order valence-electron chi connectivity index (χ4n) is 5.73. The first-order valence-corrected chi connectivity index (χ1v) is 10.7. The third-order valence-corrected chi connectivity index (χ3v) is 7.14. The van der Waals surface area contributed by atoms with E-state index in [0.717, 1.165) is 5.69 Å². The van der Waals surface area contributed by atoms with Gasteiger partial charge in [0.25, 0.3) is 0 Å². The van der Waals surface area contributed by atoms with Crippen molar-refractivity contribution in [2.45, 2.75) is 24.5 Å². The molecule has 0 radical (unpaired) electrons. The number of nitrogens with two attached hydrogens (primary N) is 1. The summed E-state index contributed by atoms with van der Waals surface area (Å²) in [5.74, 6) is -4.40. The maximum Gasteiger partial charge on any atom is 0.208 e. The van der Waals surface area contributed by atoms with E-state index in [-0.39, 0.29) is 40.3 Å². The second-order valence-electron chi connectivity index (χ2n) is 9.48. The molecule has 6 N–H and O–H groups in total. The molecular weight excluding hydrogens is 426 g/mol. The van der Waals surface area contributed by atoms with Crippen molar-refractivity contribution in [3.05, 3.63) is 58.2 Å². The number of phenolic OH excluding ortho intramolecular Hbond substituents is 1. The topological polar surface area (TPSA) is 148 Å². The van der Waals surface area contributed by atoms with Gasteiger partial charge in [-0.3, -0.25) is 14.5 Å². The summed E-state index contributed by atoms with van der Waals surface area (Å²) in [5, 5.41) is 44.3. The first kappa shape index (κ1) is 22.9. The molecule has 1 aromatic carbocycles. The van der Waals surface area contributed by atoms with Crippen molar-refractivity contribution in [1.82, 2.24) is 4.90 Å². The number of allylic oxidation sites excluding steroid dienone is 2. The van der Waals surface area contributed by atoms with Crippen LogP contribution in [0.1, 0.15) is 22.3 Å². The minimum Gasteiger partial charge on any atom is -0.510 e. The van der Waals surface area contributed by atoms with Crippen LogP contribution in [-0.4, -0.2) is 76.7 Å². The Hall–Kier alpha value is -3.30. The van der Waals surface area contributed by atoms with Gasteiger partial charge in [0.2, 0.25) is 5.78 Å². The van der Waals surface area contributed by atoms with Crippen molar-refractivity contribution in [2.24, 2.45) is 17.6 Å². The molecule has 1 aromatic rings. The average Bonchev–Trinajstić information content (AvgIpc) is 2.70. The van der Waals surface area contributed by atoms with Gasteiger partial charge in [-0.25, -0.2) is 0 Å². The number of Topliss-reactive ketones (excluding diaryl/α,β-unsaturated/α-hetero) is 2. The summed E-state index contributed by atoms with van der Waals surface area (Å²) in [6.45, 7) is 3.54. The molecule has 9 heteroatoms. The van der Waals surface area contributed by atoms with Crippen LogP contribution in [0.15, 0.2) is 47.1 Å². The van der Waals surface area contributed by atoms with Crippen LogP contribution in [0.5, 0.6) is 5.75 Å². The van der Waals surface area contributed by atoms with E-state index < -0.39 is 40.8 Å². The van der Waals surface area contributed by atoms with Crippen molar-refractivity contribution in [1.29, 1.82) is 0 Å². The maximum atomic E-state index is 13.5. The zero-order valence-corrected chi connectivity index (χ0v) is 19.1. The van der Waals surface area contributed by atoms with E-state index in [1.807, 2.05) is 19.0 Å². The van der Waals surface area contributed by atoms with E-state index in [4.69, 9.17) is 5.73 Å². The van der Waals surface area contributed by atoms with E-state index in [1.165, 1.54) is 6.07 Å². The third kappa shape index (κ3) is 2.92. The average molecular weight is 456 g/mol. The Bertz CT molecular complexity index is 1160. The lowest BCUT2D eigenvalue weighted by Crippen LogP contribution is -2.63. The first-order chi connectivity index (χ1) is 15.3.